The Morgan fingerprint density at radius 2 is 1.81 bits per heavy atom. The molecule has 6 nitrogen and oxygen atoms in total. The minimum Gasteiger partial charge on any atom is -0.457 e. The molecule has 1 saturated heterocycles. The van der Waals surface area contributed by atoms with Gasteiger partial charge in [0.1, 0.15) is 0 Å². The lowest BCUT2D eigenvalue weighted by molar-refractivity contribution is -0.148. The van der Waals surface area contributed by atoms with Gasteiger partial charge in [-0.05, 0) is 36.4 Å². The van der Waals surface area contributed by atoms with Crippen LogP contribution in [0.3, 0.4) is 0 Å². The van der Waals surface area contributed by atoms with Crippen LogP contribution in [0.4, 0.5) is 10.5 Å². The van der Waals surface area contributed by atoms with Crippen molar-refractivity contribution in [3.8, 4) is 0 Å². The second-order valence-electron chi connectivity index (χ2n) is 6.07. The average molecular weight is 372 g/mol. The van der Waals surface area contributed by atoms with Gasteiger partial charge in [-0.1, -0.05) is 24.3 Å². The van der Waals surface area contributed by atoms with Crippen molar-refractivity contribution in [1.82, 2.24) is 4.90 Å². The summed E-state index contributed by atoms with van der Waals surface area (Å²) in [7, 11) is 0. The molecule has 0 atom stereocenters. The number of carbonyl (C=O) groups excluding carboxylic acids is 3. The van der Waals surface area contributed by atoms with Gasteiger partial charge in [0.05, 0.1) is 10.8 Å². The largest absolute Gasteiger partial charge is 0.457 e. The fourth-order valence-corrected chi connectivity index (χ4v) is 3.46. The van der Waals surface area contributed by atoms with Crippen LogP contribution in [0, 0.1) is 5.92 Å². The maximum atomic E-state index is 12.2. The predicted octanol–water partition coefficient (Wildman–Crippen LogP) is 3.42. The lowest BCUT2D eigenvalue weighted by Gasteiger charge is -2.30. The number of anilines is 1. The molecule has 2 amide bonds. The number of hydrogen-bond acceptors (Lipinski definition) is 5. The highest BCUT2D eigenvalue weighted by atomic mass is 32.1. The van der Waals surface area contributed by atoms with Gasteiger partial charge in [-0.25, -0.2) is 4.79 Å². The van der Waals surface area contributed by atoms with E-state index >= 15 is 0 Å². The number of rotatable bonds is 5. The molecule has 0 radical (unpaired) electrons. The quantitative estimate of drug-likeness (QED) is 0.645. The summed E-state index contributed by atoms with van der Waals surface area (Å²) in [5.74, 6) is -0.821. The summed E-state index contributed by atoms with van der Waals surface area (Å²) in [4.78, 5) is 38.6. The van der Waals surface area contributed by atoms with Gasteiger partial charge in [-0.15, -0.1) is 11.3 Å². The molecule has 1 fully saturated rings. The smallest absolute Gasteiger partial charge is 0.321 e. The molecule has 1 aromatic heterocycles. The number of esters is 1. The molecule has 2 aromatic rings. The number of benzene rings is 1. The van der Waals surface area contributed by atoms with Gasteiger partial charge in [-0.2, -0.15) is 0 Å². The number of amides is 2. The Balaban J connectivity index is 1.42. The molecule has 26 heavy (non-hydrogen) atoms. The summed E-state index contributed by atoms with van der Waals surface area (Å²) in [6.45, 7) is 0.739. The van der Waals surface area contributed by atoms with Gasteiger partial charge in [0.2, 0.25) is 5.78 Å². The molecule has 0 aliphatic carbocycles. The molecular weight excluding hydrogens is 352 g/mol. The fraction of sp³-hybridized carbons (Fsp3) is 0.316. The first kappa shape index (κ1) is 18.1. The zero-order valence-electron chi connectivity index (χ0n) is 14.2. The molecule has 1 aliphatic heterocycles. The van der Waals surface area contributed by atoms with E-state index < -0.39 is 0 Å². The van der Waals surface area contributed by atoms with Gasteiger partial charge in [-0.3, -0.25) is 9.59 Å². The van der Waals surface area contributed by atoms with Crippen molar-refractivity contribution in [3.63, 3.8) is 0 Å². The third kappa shape index (κ3) is 4.70. The van der Waals surface area contributed by atoms with E-state index in [1.54, 1.807) is 17.0 Å². The number of nitrogens with one attached hydrogen (secondary N) is 1. The van der Waals surface area contributed by atoms with Crippen molar-refractivity contribution in [2.45, 2.75) is 12.8 Å². The SMILES string of the molecule is O=C(COC(=O)C1CCN(C(=O)Nc2ccccc2)CC1)c1cccs1. The molecule has 1 aromatic carbocycles. The number of thiophene rings is 1. The molecule has 1 N–H and O–H groups in total. The second-order valence-corrected chi connectivity index (χ2v) is 7.01. The number of carbonyl (C=O) groups is 3. The van der Waals surface area contributed by atoms with E-state index in [-0.39, 0.29) is 30.3 Å². The molecule has 0 unspecified atom stereocenters. The number of likely N-dealkylation sites (tertiary alicyclic amines) is 1. The number of para-hydroxylation sites is 1. The Labute approximate surface area is 155 Å². The van der Waals surface area contributed by atoms with Crippen molar-refractivity contribution >= 4 is 34.8 Å². The van der Waals surface area contributed by atoms with Crippen LogP contribution in [0.15, 0.2) is 47.8 Å². The highest BCUT2D eigenvalue weighted by Gasteiger charge is 2.28. The van der Waals surface area contributed by atoms with E-state index in [0.29, 0.717) is 30.8 Å². The first-order valence-electron chi connectivity index (χ1n) is 8.48. The average Bonchev–Trinajstić information content (AvgIpc) is 3.21. The number of hydrogen-bond donors (Lipinski definition) is 1. The van der Waals surface area contributed by atoms with Crippen LogP contribution in [0.2, 0.25) is 0 Å². The highest BCUT2D eigenvalue weighted by molar-refractivity contribution is 7.12. The van der Waals surface area contributed by atoms with E-state index in [4.69, 9.17) is 4.74 Å². The van der Waals surface area contributed by atoms with Crippen LogP contribution in [0.1, 0.15) is 22.5 Å². The fourth-order valence-electron chi connectivity index (χ4n) is 2.81. The molecule has 2 heterocycles. The van der Waals surface area contributed by atoms with Crippen LogP contribution >= 0.6 is 11.3 Å². The molecule has 136 valence electrons. The third-order valence-corrected chi connectivity index (χ3v) is 5.19. The zero-order valence-corrected chi connectivity index (χ0v) is 15.0. The van der Waals surface area contributed by atoms with Crippen LogP contribution in [-0.2, 0) is 9.53 Å². The van der Waals surface area contributed by atoms with E-state index in [9.17, 15) is 14.4 Å². The summed E-state index contributed by atoms with van der Waals surface area (Å²) in [5.41, 5.74) is 0.742. The van der Waals surface area contributed by atoms with Crippen molar-refractivity contribution < 1.29 is 19.1 Å². The Bertz CT molecular complexity index is 753. The summed E-state index contributed by atoms with van der Waals surface area (Å²) in [5, 5.41) is 4.65. The van der Waals surface area contributed by atoms with Crippen LogP contribution < -0.4 is 5.32 Å². The second kappa shape index (κ2) is 8.62. The van der Waals surface area contributed by atoms with Crippen molar-refractivity contribution in [2.75, 3.05) is 25.0 Å². The van der Waals surface area contributed by atoms with E-state index in [1.165, 1.54) is 11.3 Å². The number of urea groups is 1. The van der Waals surface area contributed by atoms with Crippen LogP contribution in [0.5, 0.6) is 0 Å². The summed E-state index contributed by atoms with van der Waals surface area (Å²) in [6, 6.07) is 12.6. The topological polar surface area (TPSA) is 75.7 Å². The van der Waals surface area contributed by atoms with E-state index in [2.05, 4.69) is 5.32 Å². The molecule has 3 rings (SSSR count). The number of Topliss-reactive ketones (excluding diaryl/α,β-unsaturated/α-hetero) is 1. The lowest BCUT2D eigenvalue weighted by Crippen LogP contribution is -2.42. The minimum atomic E-state index is -0.363. The molecule has 0 spiro atoms. The van der Waals surface area contributed by atoms with Gasteiger partial charge in [0.25, 0.3) is 0 Å². The Kier molecular flexibility index (Phi) is 6.01. The first-order chi connectivity index (χ1) is 12.6. The number of ether oxygens (including phenoxy) is 1. The van der Waals surface area contributed by atoms with Crippen LogP contribution in [-0.4, -0.2) is 42.4 Å². The summed E-state index contributed by atoms with van der Waals surface area (Å²) >= 11 is 1.33. The summed E-state index contributed by atoms with van der Waals surface area (Å²) < 4.78 is 5.16. The van der Waals surface area contributed by atoms with Gasteiger partial charge in [0.15, 0.2) is 6.61 Å². The van der Waals surface area contributed by atoms with E-state index in [0.717, 1.165) is 5.69 Å². The first-order valence-corrected chi connectivity index (χ1v) is 9.36. The van der Waals surface area contributed by atoms with Crippen molar-refractivity contribution in [2.24, 2.45) is 5.92 Å². The predicted molar refractivity (Wildman–Crippen MR) is 99.4 cm³/mol. The minimum absolute atomic E-state index is 0.170. The lowest BCUT2D eigenvalue weighted by atomic mass is 9.97. The Morgan fingerprint density at radius 1 is 1.08 bits per heavy atom. The summed E-state index contributed by atoms with van der Waals surface area (Å²) in [6.07, 6.45) is 1.07. The molecule has 0 bridgehead atoms. The van der Waals surface area contributed by atoms with Gasteiger partial charge < -0.3 is 15.0 Å². The number of piperidine rings is 1. The normalized spacial score (nSPS) is 14.7. The van der Waals surface area contributed by atoms with Gasteiger partial charge >= 0.3 is 12.0 Å². The number of nitrogens with zero attached hydrogens (tertiary/aromatic N) is 1. The Morgan fingerprint density at radius 3 is 2.46 bits per heavy atom. The van der Waals surface area contributed by atoms with Crippen molar-refractivity contribution in [1.29, 1.82) is 0 Å². The highest BCUT2D eigenvalue weighted by Crippen LogP contribution is 2.20. The molecule has 0 saturated carbocycles. The zero-order chi connectivity index (χ0) is 18.4. The van der Waals surface area contributed by atoms with E-state index in [1.807, 2.05) is 35.7 Å². The Hall–Kier alpha value is -2.67. The maximum absolute atomic E-state index is 12.2. The molecule has 1 aliphatic rings. The molecular formula is C19H20N2O4S. The monoisotopic (exact) mass is 372 g/mol. The van der Waals surface area contributed by atoms with Gasteiger partial charge in [0, 0.05) is 18.8 Å². The maximum Gasteiger partial charge on any atom is 0.321 e. The third-order valence-electron chi connectivity index (χ3n) is 4.28. The van der Waals surface area contributed by atoms with Crippen molar-refractivity contribution in [3.05, 3.63) is 52.7 Å². The van der Waals surface area contributed by atoms with Crippen LogP contribution in [0.25, 0.3) is 0 Å². The molecule has 7 heteroatoms. The number of ketones is 1. The standard InChI is InChI=1S/C19H20N2O4S/c22-16(17-7-4-12-26-17)13-25-18(23)14-8-10-21(11-9-14)19(24)20-15-5-2-1-3-6-15/h1-7,12,14H,8-11,13H2,(H,20,24).